The number of carbonyl (C=O) groups excluding carboxylic acids is 1. The van der Waals surface area contributed by atoms with Gasteiger partial charge in [-0.05, 0) is 56.2 Å². The Bertz CT molecular complexity index is 755. The Balaban J connectivity index is 1.67. The maximum atomic E-state index is 13.2. The predicted octanol–water partition coefficient (Wildman–Crippen LogP) is 2.28. The van der Waals surface area contributed by atoms with E-state index in [0.29, 0.717) is 24.5 Å². The second-order valence-electron chi connectivity index (χ2n) is 7.87. The van der Waals surface area contributed by atoms with Crippen LogP contribution in [0.5, 0.6) is 0 Å². The second-order valence-corrected chi connectivity index (χ2v) is 10.3. The van der Waals surface area contributed by atoms with E-state index in [2.05, 4.69) is 5.32 Å². The first-order valence-electron chi connectivity index (χ1n) is 10.1. The van der Waals surface area contributed by atoms with Gasteiger partial charge in [0.15, 0.2) is 0 Å². The van der Waals surface area contributed by atoms with Gasteiger partial charge in [-0.2, -0.15) is 0 Å². The molecule has 1 aromatic carbocycles. The predicted molar refractivity (Wildman–Crippen MR) is 112 cm³/mol. The van der Waals surface area contributed by atoms with Crippen molar-refractivity contribution in [2.45, 2.75) is 50.6 Å². The number of hydrogen-bond acceptors (Lipinski definition) is 4. The van der Waals surface area contributed by atoms with E-state index in [-0.39, 0.29) is 18.0 Å². The van der Waals surface area contributed by atoms with Crippen molar-refractivity contribution in [1.29, 1.82) is 0 Å². The minimum absolute atomic E-state index is 0.143. The molecular formula is C20H30ClN3O3S. The molecule has 156 valence electrons. The van der Waals surface area contributed by atoms with Gasteiger partial charge in [0.2, 0.25) is 15.9 Å². The second kappa shape index (κ2) is 9.57. The summed E-state index contributed by atoms with van der Waals surface area (Å²) in [6.45, 7) is 2.65. The van der Waals surface area contributed by atoms with Crippen LogP contribution in [0.1, 0.15) is 37.7 Å². The van der Waals surface area contributed by atoms with Crippen molar-refractivity contribution >= 4 is 27.5 Å². The van der Waals surface area contributed by atoms with Gasteiger partial charge in [0, 0.05) is 37.2 Å². The van der Waals surface area contributed by atoms with E-state index in [4.69, 9.17) is 11.6 Å². The molecule has 0 unspecified atom stereocenters. The molecule has 0 aliphatic carbocycles. The summed E-state index contributed by atoms with van der Waals surface area (Å²) in [4.78, 5) is 15.2. The number of halogens is 1. The van der Waals surface area contributed by atoms with Gasteiger partial charge in [0.05, 0.1) is 12.3 Å². The molecule has 1 N–H and O–H groups in total. The normalized spacial score (nSPS) is 20.9. The molecule has 0 saturated carbocycles. The third-order valence-electron chi connectivity index (χ3n) is 5.68. The Labute approximate surface area is 173 Å². The number of nitrogens with one attached hydrogen (secondary N) is 1. The van der Waals surface area contributed by atoms with E-state index in [9.17, 15) is 13.2 Å². The quantitative estimate of drug-likeness (QED) is 0.756. The van der Waals surface area contributed by atoms with Gasteiger partial charge in [-0.25, -0.2) is 12.7 Å². The van der Waals surface area contributed by atoms with Crippen LogP contribution in [0.25, 0.3) is 0 Å². The molecule has 2 fully saturated rings. The van der Waals surface area contributed by atoms with Crippen LogP contribution < -0.4 is 5.32 Å². The van der Waals surface area contributed by atoms with E-state index in [0.717, 1.165) is 44.3 Å². The van der Waals surface area contributed by atoms with Crippen LogP contribution >= 0.6 is 11.6 Å². The van der Waals surface area contributed by atoms with Crippen molar-refractivity contribution in [3.05, 3.63) is 34.9 Å². The highest BCUT2D eigenvalue weighted by atomic mass is 35.5. The number of likely N-dealkylation sites (tertiary alicyclic amines) is 1. The monoisotopic (exact) mass is 427 g/mol. The summed E-state index contributed by atoms with van der Waals surface area (Å²) in [7, 11) is -3.15. The molecule has 1 amide bonds. The molecule has 6 nitrogen and oxygen atoms in total. The number of rotatable bonds is 6. The van der Waals surface area contributed by atoms with Crippen LogP contribution in [-0.2, 0) is 21.2 Å². The van der Waals surface area contributed by atoms with Gasteiger partial charge in [-0.15, -0.1) is 0 Å². The van der Waals surface area contributed by atoms with Crippen molar-refractivity contribution < 1.29 is 13.2 Å². The lowest BCUT2D eigenvalue weighted by Crippen LogP contribution is -2.54. The summed E-state index contributed by atoms with van der Waals surface area (Å²) in [5.41, 5.74) is 1.07. The molecule has 0 aromatic heterocycles. The van der Waals surface area contributed by atoms with Crippen LogP contribution in [-0.4, -0.2) is 68.0 Å². The zero-order valence-corrected chi connectivity index (χ0v) is 18.0. The number of carbonyl (C=O) groups is 1. The Morgan fingerprint density at radius 1 is 1.11 bits per heavy atom. The molecule has 1 atom stereocenters. The number of nitrogens with zero attached hydrogens (tertiary/aromatic N) is 2. The smallest absolute Gasteiger partial charge is 0.240 e. The van der Waals surface area contributed by atoms with Crippen LogP contribution in [0.4, 0.5) is 0 Å². The lowest BCUT2D eigenvalue weighted by Gasteiger charge is -2.35. The molecule has 2 aliphatic heterocycles. The van der Waals surface area contributed by atoms with Crippen molar-refractivity contribution in [2.75, 3.05) is 32.4 Å². The standard InChI is InChI=1S/C20H30ClN3O3S/c1-28(26,27)24-13-9-18(10-14-24)22-19(15-16-5-7-17(21)8-6-16)20(25)23-11-3-2-4-12-23/h5-8,18-19,22H,2-4,9-15H2,1H3/t19-/m1/s1. The number of piperidine rings is 2. The van der Waals surface area contributed by atoms with Crippen LogP contribution in [0, 0.1) is 0 Å². The Morgan fingerprint density at radius 2 is 1.71 bits per heavy atom. The summed E-state index contributed by atoms with van der Waals surface area (Å²) in [6, 6.07) is 7.48. The fourth-order valence-electron chi connectivity index (χ4n) is 4.05. The molecule has 0 radical (unpaired) electrons. The number of benzene rings is 1. The molecule has 1 aromatic rings. The lowest BCUT2D eigenvalue weighted by molar-refractivity contribution is -0.134. The minimum atomic E-state index is -3.15. The summed E-state index contributed by atoms with van der Waals surface area (Å²) in [5.74, 6) is 0.153. The van der Waals surface area contributed by atoms with E-state index in [1.165, 1.54) is 17.0 Å². The van der Waals surface area contributed by atoms with Crippen LogP contribution in [0.3, 0.4) is 0 Å². The van der Waals surface area contributed by atoms with E-state index < -0.39 is 10.0 Å². The topological polar surface area (TPSA) is 69.7 Å². The number of hydrogen-bond donors (Lipinski definition) is 1. The molecule has 28 heavy (non-hydrogen) atoms. The first-order valence-corrected chi connectivity index (χ1v) is 12.3. The molecule has 8 heteroatoms. The van der Waals surface area contributed by atoms with Gasteiger partial charge in [0.1, 0.15) is 0 Å². The zero-order chi connectivity index (χ0) is 20.1. The highest BCUT2D eigenvalue weighted by molar-refractivity contribution is 7.88. The highest BCUT2D eigenvalue weighted by Gasteiger charge is 2.31. The molecule has 2 aliphatic rings. The average Bonchev–Trinajstić information content (AvgIpc) is 2.69. The fraction of sp³-hybridized carbons (Fsp3) is 0.650. The molecular weight excluding hydrogens is 398 g/mol. The van der Waals surface area contributed by atoms with Gasteiger partial charge in [-0.1, -0.05) is 23.7 Å². The lowest BCUT2D eigenvalue weighted by atomic mass is 9.99. The SMILES string of the molecule is CS(=O)(=O)N1CCC(N[C@H](Cc2ccc(Cl)cc2)C(=O)N2CCCCC2)CC1. The van der Waals surface area contributed by atoms with Crippen LogP contribution in [0.2, 0.25) is 5.02 Å². The number of amides is 1. The largest absolute Gasteiger partial charge is 0.341 e. The van der Waals surface area contributed by atoms with Gasteiger partial charge in [0.25, 0.3) is 0 Å². The van der Waals surface area contributed by atoms with E-state index in [1.54, 1.807) is 0 Å². The van der Waals surface area contributed by atoms with Crippen molar-refractivity contribution in [3.63, 3.8) is 0 Å². The van der Waals surface area contributed by atoms with Gasteiger partial charge in [-0.3, -0.25) is 4.79 Å². The summed E-state index contributed by atoms with van der Waals surface area (Å²) >= 11 is 5.99. The first kappa shape index (κ1) is 21.6. The fourth-order valence-corrected chi connectivity index (χ4v) is 5.05. The highest BCUT2D eigenvalue weighted by Crippen LogP contribution is 2.18. The third-order valence-corrected chi connectivity index (χ3v) is 7.23. The van der Waals surface area contributed by atoms with Crippen molar-refractivity contribution in [3.8, 4) is 0 Å². The summed E-state index contributed by atoms with van der Waals surface area (Å²) < 4.78 is 25.0. The Hall–Kier alpha value is -1.15. The summed E-state index contributed by atoms with van der Waals surface area (Å²) in [6.07, 6.45) is 6.61. The minimum Gasteiger partial charge on any atom is -0.341 e. The molecule has 2 heterocycles. The summed E-state index contributed by atoms with van der Waals surface area (Å²) in [5, 5.41) is 4.23. The first-order chi connectivity index (χ1) is 13.3. The zero-order valence-electron chi connectivity index (χ0n) is 16.4. The van der Waals surface area contributed by atoms with Gasteiger partial charge < -0.3 is 10.2 Å². The van der Waals surface area contributed by atoms with E-state index in [1.807, 2.05) is 29.2 Å². The number of sulfonamides is 1. The van der Waals surface area contributed by atoms with Crippen LogP contribution in [0.15, 0.2) is 24.3 Å². The molecule has 2 saturated heterocycles. The molecule has 0 spiro atoms. The average molecular weight is 428 g/mol. The molecule has 0 bridgehead atoms. The third kappa shape index (κ3) is 5.92. The van der Waals surface area contributed by atoms with Crippen molar-refractivity contribution in [2.24, 2.45) is 0 Å². The van der Waals surface area contributed by atoms with Crippen molar-refractivity contribution in [1.82, 2.24) is 14.5 Å². The Kier molecular flexibility index (Phi) is 7.36. The maximum Gasteiger partial charge on any atom is 0.240 e. The van der Waals surface area contributed by atoms with E-state index >= 15 is 0 Å². The maximum absolute atomic E-state index is 13.2. The van der Waals surface area contributed by atoms with Gasteiger partial charge >= 0.3 is 0 Å². The molecule has 3 rings (SSSR count). The Morgan fingerprint density at radius 3 is 2.29 bits per heavy atom.